The Balaban J connectivity index is 1.61. The molecule has 1 nitrogen and oxygen atoms in total. The molecule has 0 spiro atoms. The van der Waals surface area contributed by atoms with Gasteiger partial charge in [0.2, 0.25) is 0 Å². The summed E-state index contributed by atoms with van der Waals surface area (Å²) in [4.78, 5) is 2.34. The van der Waals surface area contributed by atoms with Crippen LogP contribution in [0, 0.1) is 0 Å². The number of anilines is 3. The van der Waals surface area contributed by atoms with E-state index in [1.54, 1.807) is 0 Å². The summed E-state index contributed by atoms with van der Waals surface area (Å²) < 4.78 is 0. The van der Waals surface area contributed by atoms with Gasteiger partial charge in [-0.05, 0) is 80.2 Å². The molecule has 7 aromatic rings. The predicted molar refractivity (Wildman–Crippen MR) is 167 cm³/mol. The summed E-state index contributed by atoms with van der Waals surface area (Å²) in [5.74, 6) is 0. The average Bonchev–Trinajstić information content (AvgIpc) is 3.02. The van der Waals surface area contributed by atoms with Gasteiger partial charge in [-0.2, -0.15) is 0 Å². The van der Waals surface area contributed by atoms with E-state index in [1.165, 1.54) is 43.8 Å². The molecule has 0 aromatic heterocycles. The van der Waals surface area contributed by atoms with Crippen LogP contribution in [0.15, 0.2) is 164 Å². The molecule has 0 unspecified atom stereocenters. The van der Waals surface area contributed by atoms with Crippen molar-refractivity contribution in [1.29, 1.82) is 0 Å². The topological polar surface area (TPSA) is 3.24 Å². The lowest BCUT2D eigenvalue weighted by Crippen LogP contribution is -2.09. The number of benzene rings is 7. The molecule has 0 fully saturated rings. The maximum absolute atomic E-state index is 2.37. The second-order valence-electron chi connectivity index (χ2n) is 9.76. The minimum absolute atomic E-state index is 1.13. The number of hydrogen-bond acceptors (Lipinski definition) is 1. The van der Waals surface area contributed by atoms with Crippen molar-refractivity contribution in [2.24, 2.45) is 0 Å². The molecule has 0 aliphatic heterocycles. The SMILES string of the molecule is c1ccc(-c2c(-c3ccccc3)c3cc(N(c4ccccc4)c4ccccc4)ccc3c3ccccc23)cc1. The molecule has 7 aromatic carbocycles. The minimum atomic E-state index is 1.13. The van der Waals surface area contributed by atoms with Gasteiger partial charge in [-0.15, -0.1) is 0 Å². The van der Waals surface area contributed by atoms with Crippen molar-refractivity contribution >= 4 is 38.6 Å². The monoisotopic (exact) mass is 497 g/mol. The smallest absolute Gasteiger partial charge is 0.0468 e. The summed E-state index contributed by atoms with van der Waals surface area (Å²) in [6.45, 7) is 0. The third-order valence-corrected chi connectivity index (χ3v) is 7.42. The Kier molecular flexibility index (Phi) is 5.88. The van der Waals surface area contributed by atoms with Crippen molar-refractivity contribution in [2.75, 3.05) is 4.90 Å². The van der Waals surface area contributed by atoms with Gasteiger partial charge < -0.3 is 4.90 Å². The van der Waals surface area contributed by atoms with Gasteiger partial charge in [0.05, 0.1) is 0 Å². The lowest BCUT2D eigenvalue weighted by atomic mass is 9.85. The highest BCUT2D eigenvalue weighted by Gasteiger charge is 2.19. The normalized spacial score (nSPS) is 11.1. The summed E-state index contributed by atoms with van der Waals surface area (Å²) in [5, 5.41) is 5.04. The van der Waals surface area contributed by atoms with Crippen molar-refractivity contribution in [3.63, 3.8) is 0 Å². The van der Waals surface area contributed by atoms with Gasteiger partial charge >= 0.3 is 0 Å². The highest BCUT2D eigenvalue weighted by Crippen LogP contribution is 2.46. The maximum Gasteiger partial charge on any atom is 0.0468 e. The van der Waals surface area contributed by atoms with E-state index in [2.05, 4.69) is 169 Å². The number of hydrogen-bond donors (Lipinski definition) is 0. The lowest BCUT2D eigenvalue weighted by Gasteiger charge is -2.27. The van der Waals surface area contributed by atoms with Crippen LogP contribution < -0.4 is 4.90 Å². The predicted octanol–water partition coefficient (Wildman–Crippen LogP) is 10.8. The molecule has 0 saturated carbocycles. The molecular weight excluding hydrogens is 470 g/mol. The Bertz CT molecular complexity index is 1840. The van der Waals surface area contributed by atoms with E-state index in [0.29, 0.717) is 0 Å². The van der Waals surface area contributed by atoms with Crippen molar-refractivity contribution in [3.8, 4) is 22.3 Å². The summed E-state index contributed by atoms with van der Waals surface area (Å²) >= 11 is 0. The molecular formula is C38H27N. The third kappa shape index (κ3) is 4.15. The van der Waals surface area contributed by atoms with Crippen molar-refractivity contribution in [2.45, 2.75) is 0 Å². The Morgan fingerprint density at radius 1 is 0.282 bits per heavy atom. The van der Waals surface area contributed by atoms with Crippen molar-refractivity contribution in [3.05, 3.63) is 164 Å². The largest absolute Gasteiger partial charge is 0.310 e. The fourth-order valence-electron chi connectivity index (χ4n) is 5.73. The molecule has 0 radical (unpaired) electrons. The molecule has 0 heterocycles. The van der Waals surface area contributed by atoms with Crippen LogP contribution in [0.3, 0.4) is 0 Å². The quantitative estimate of drug-likeness (QED) is 0.214. The van der Waals surface area contributed by atoms with Gasteiger partial charge in [-0.1, -0.05) is 127 Å². The molecule has 0 atom stereocenters. The van der Waals surface area contributed by atoms with Crippen LogP contribution in [0.25, 0.3) is 43.8 Å². The number of para-hydroxylation sites is 2. The minimum Gasteiger partial charge on any atom is -0.310 e. The van der Waals surface area contributed by atoms with Gasteiger partial charge in [-0.25, -0.2) is 0 Å². The van der Waals surface area contributed by atoms with Crippen molar-refractivity contribution < 1.29 is 0 Å². The summed E-state index contributed by atoms with van der Waals surface area (Å²) in [6.07, 6.45) is 0. The number of fused-ring (bicyclic) bond motifs is 3. The molecule has 1 heteroatoms. The molecule has 184 valence electrons. The van der Waals surface area contributed by atoms with Crippen LogP contribution in [0.2, 0.25) is 0 Å². The Labute approximate surface area is 229 Å². The first-order valence-electron chi connectivity index (χ1n) is 13.4. The van der Waals surface area contributed by atoms with E-state index in [0.717, 1.165) is 17.1 Å². The first kappa shape index (κ1) is 23.0. The van der Waals surface area contributed by atoms with Crippen LogP contribution in [-0.4, -0.2) is 0 Å². The number of nitrogens with zero attached hydrogens (tertiary/aromatic N) is 1. The van der Waals surface area contributed by atoms with Gasteiger partial charge in [0.15, 0.2) is 0 Å². The van der Waals surface area contributed by atoms with Crippen molar-refractivity contribution in [1.82, 2.24) is 0 Å². The van der Waals surface area contributed by atoms with Crippen LogP contribution in [-0.2, 0) is 0 Å². The standard InChI is InChI=1S/C38H27N/c1-5-15-28(16-6-1)37-35-24-14-13-23-33(35)34-26-25-32(27-36(34)38(37)29-17-7-2-8-18-29)39(30-19-9-3-10-20-30)31-21-11-4-12-22-31/h1-27H. The highest BCUT2D eigenvalue weighted by atomic mass is 15.1. The van der Waals surface area contributed by atoms with E-state index in [1.807, 2.05) is 0 Å². The fourth-order valence-corrected chi connectivity index (χ4v) is 5.73. The van der Waals surface area contributed by atoms with E-state index in [4.69, 9.17) is 0 Å². The van der Waals surface area contributed by atoms with E-state index >= 15 is 0 Å². The van der Waals surface area contributed by atoms with Gasteiger partial charge in [0.25, 0.3) is 0 Å². The van der Waals surface area contributed by atoms with Gasteiger partial charge in [0, 0.05) is 17.1 Å². The molecule has 7 rings (SSSR count). The molecule has 0 aliphatic rings. The fraction of sp³-hybridized carbons (Fsp3) is 0. The summed E-state index contributed by atoms with van der Waals surface area (Å²) in [6, 6.07) is 58.6. The van der Waals surface area contributed by atoms with Crippen LogP contribution in [0.1, 0.15) is 0 Å². The zero-order valence-electron chi connectivity index (χ0n) is 21.5. The van der Waals surface area contributed by atoms with Crippen LogP contribution >= 0.6 is 0 Å². The first-order chi connectivity index (χ1) is 19.4. The van der Waals surface area contributed by atoms with E-state index < -0.39 is 0 Å². The van der Waals surface area contributed by atoms with Gasteiger partial charge in [-0.3, -0.25) is 0 Å². The molecule has 0 aliphatic carbocycles. The Hall–Kier alpha value is -5.14. The molecule has 0 N–H and O–H groups in total. The Morgan fingerprint density at radius 2 is 0.692 bits per heavy atom. The van der Waals surface area contributed by atoms with Gasteiger partial charge in [0.1, 0.15) is 0 Å². The Morgan fingerprint density at radius 3 is 1.23 bits per heavy atom. The van der Waals surface area contributed by atoms with E-state index in [9.17, 15) is 0 Å². The molecule has 39 heavy (non-hydrogen) atoms. The molecule has 0 saturated heterocycles. The number of rotatable bonds is 5. The first-order valence-corrected chi connectivity index (χ1v) is 13.4. The van der Waals surface area contributed by atoms with Crippen LogP contribution in [0.5, 0.6) is 0 Å². The zero-order valence-corrected chi connectivity index (χ0v) is 21.5. The lowest BCUT2D eigenvalue weighted by molar-refractivity contribution is 1.29. The van der Waals surface area contributed by atoms with Crippen LogP contribution in [0.4, 0.5) is 17.1 Å². The summed E-state index contributed by atoms with van der Waals surface area (Å²) in [7, 11) is 0. The molecule has 0 amide bonds. The average molecular weight is 498 g/mol. The second-order valence-corrected chi connectivity index (χ2v) is 9.76. The summed E-state index contributed by atoms with van der Waals surface area (Å²) in [5.41, 5.74) is 8.37. The molecule has 0 bridgehead atoms. The zero-order chi connectivity index (χ0) is 26.0. The maximum atomic E-state index is 2.37. The highest BCUT2D eigenvalue weighted by molar-refractivity contribution is 6.22. The van der Waals surface area contributed by atoms with E-state index in [-0.39, 0.29) is 0 Å². The second kappa shape index (κ2) is 9.96. The third-order valence-electron chi connectivity index (χ3n) is 7.42.